The molecule has 3 heterocycles. The summed E-state index contributed by atoms with van der Waals surface area (Å²) in [6.45, 7) is 6.88. The van der Waals surface area contributed by atoms with E-state index in [1.54, 1.807) is 32.9 Å². The number of rotatable bonds is 9. The number of phenolic OH excluding ortho intramolecular Hbond substituents is 1. The number of fused-ring (bicyclic) bond motifs is 7. The predicted molar refractivity (Wildman–Crippen MR) is 181 cm³/mol. The molecular weight excluding hydrogens is 668 g/mol. The van der Waals surface area contributed by atoms with Gasteiger partial charge in [0.15, 0.2) is 34.8 Å². The minimum atomic E-state index is -4.40. The van der Waals surface area contributed by atoms with Crippen molar-refractivity contribution >= 4 is 22.0 Å². The highest BCUT2D eigenvalue weighted by atomic mass is 32.2. The molecule has 2 bridgehead atoms. The molecule has 3 aliphatic rings. The third-order valence-corrected chi connectivity index (χ3v) is 11.4. The number of likely N-dealkylation sites (N-methyl/N-ethyl adjacent to an activating group) is 1. The Morgan fingerprint density at radius 3 is 2.00 bits per heavy atom. The number of hydrogen-bond acceptors (Lipinski definition) is 12. The number of aryl methyl sites for hydroxylation is 1. The van der Waals surface area contributed by atoms with Gasteiger partial charge in [0.2, 0.25) is 5.91 Å². The standard InChI is InChI=1S/C36H42N2O11S/c1-10-48-36(41)28-26-22(30(19(4)32(45-7)34(26)47-9)49-50(42,43)20-13-11-17(2)12-14-20)16-23-27-25-21(15-24(37(27)5)35(40)38(23)28)29(39)18(3)31(44-6)33(25)46-8/h11-14,23-24,27-28,39H,10,15-16H2,1-9H3/t23-,24-,27-,28-/m0/s1. The van der Waals surface area contributed by atoms with E-state index in [-0.39, 0.29) is 58.8 Å². The molecule has 14 heteroatoms. The number of aromatic hydroxyl groups is 1. The summed E-state index contributed by atoms with van der Waals surface area (Å²) in [5.74, 6) is -0.120. The van der Waals surface area contributed by atoms with Crippen molar-refractivity contribution in [2.24, 2.45) is 0 Å². The third kappa shape index (κ3) is 5.10. The smallest absolute Gasteiger partial charge is 0.339 e. The first-order chi connectivity index (χ1) is 23.8. The number of esters is 1. The lowest BCUT2D eigenvalue weighted by atomic mass is 9.73. The van der Waals surface area contributed by atoms with Crippen LogP contribution in [0.1, 0.15) is 58.0 Å². The zero-order valence-corrected chi connectivity index (χ0v) is 30.4. The third-order valence-electron chi connectivity index (χ3n) is 10.2. The Morgan fingerprint density at radius 1 is 0.840 bits per heavy atom. The van der Waals surface area contributed by atoms with E-state index in [9.17, 15) is 23.1 Å². The Morgan fingerprint density at radius 2 is 1.42 bits per heavy atom. The van der Waals surface area contributed by atoms with E-state index in [2.05, 4.69) is 0 Å². The van der Waals surface area contributed by atoms with E-state index in [0.717, 1.165) is 5.56 Å². The number of carbonyl (C=O) groups is 2. The maximum Gasteiger partial charge on any atom is 0.339 e. The van der Waals surface area contributed by atoms with Gasteiger partial charge >= 0.3 is 16.1 Å². The van der Waals surface area contributed by atoms with E-state index in [0.29, 0.717) is 39.3 Å². The van der Waals surface area contributed by atoms with Crippen molar-refractivity contribution in [1.29, 1.82) is 0 Å². The van der Waals surface area contributed by atoms with Gasteiger partial charge in [0.1, 0.15) is 10.6 Å². The molecule has 1 fully saturated rings. The first kappa shape index (κ1) is 35.1. The zero-order chi connectivity index (χ0) is 36.4. The Labute approximate surface area is 291 Å². The van der Waals surface area contributed by atoms with Crippen molar-refractivity contribution in [3.8, 4) is 34.5 Å². The summed E-state index contributed by atoms with van der Waals surface area (Å²) < 4.78 is 62.6. The lowest BCUT2D eigenvalue weighted by Crippen LogP contribution is -2.67. The Hall–Kier alpha value is -4.69. The van der Waals surface area contributed by atoms with E-state index in [1.807, 2.05) is 18.9 Å². The zero-order valence-electron chi connectivity index (χ0n) is 29.6. The topological polar surface area (TPSA) is 150 Å². The molecule has 4 atom stereocenters. The molecule has 0 spiro atoms. The first-order valence-electron chi connectivity index (χ1n) is 16.2. The van der Waals surface area contributed by atoms with Crippen LogP contribution in [0.2, 0.25) is 0 Å². The molecular formula is C36H42N2O11S. The van der Waals surface area contributed by atoms with Gasteiger partial charge in [-0.3, -0.25) is 9.69 Å². The highest BCUT2D eigenvalue weighted by Crippen LogP contribution is 2.58. The Balaban J connectivity index is 1.67. The van der Waals surface area contributed by atoms with Gasteiger partial charge in [0, 0.05) is 39.8 Å². The fraction of sp³-hybridized carbons (Fsp3) is 0.444. The summed E-state index contributed by atoms with van der Waals surface area (Å²) in [5, 5.41) is 11.5. The second-order valence-electron chi connectivity index (χ2n) is 12.7. The van der Waals surface area contributed by atoms with Crippen LogP contribution < -0.4 is 23.1 Å². The monoisotopic (exact) mass is 710 g/mol. The molecule has 268 valence electrons. The van der Waals surface area contributed by atoms with Crippen molar-refractivity contribution in [3.05, 3.63) is 63.2 Å². The summed E-state index contributed by atoms with van der Waals surface area (Å²) in [6.07, 6.45) is 0.162. The summed E-state index contributed by atoms with van der Waals surface area (Å²) in [6, 6.07) is 2.68. The van der Waals surface area contributed by atoms with Crippen LogP contribution in [-0.4, -0.2) is 89.4 Å². The number of hydrogen-bond donors (Lipinski definition) is 1. The van der Waals surface area contributed by atoms with Crippen LogP contribution >= 0.6 is 0 Å². The summed E-state index contributed by atoms with van der Waals surface area (Å²) in [7, 11) is 3.21. The van der Waals surface area contributed by atoms with Crippen LogP contribution in [0, 0.1) is 20.8 Å². The van der Waals surface area contributed by atoms with Crippen LogP contribution in [0.25, 0.3) is 0 Å². The highest BCUT2D eigenvalue weighted by molar-refractivity contribution is 7.87. The number of nitrogens with zero attached hydrogens (tertiary/aromatic N) is 2. The van der Waals surface area contributed by atoms with Gasteiger partial charge in [-0.1, -0.05) is 17.7 Å². The van der Waals surface area contributed by atoms with Crippen molar-refractivity contribution in [1.82, 2.24) is 9.80 Å². The van der Waals surface area contributed by atoms with Gasteiger partial charge in [-0.05, 0) is 53.3 Å². The molecule has 13 nitrogen and oxygen atoms in total. The van der Waals surface area contributed by atoms with Crippen molar-refractivity contribution in [2.75, 3.05) is 42.1 Å². The highest BCUT2D eigenvalue weighted by Gasteiger charge is 2.58. The molecule has 0 saturated carbocycles. The molecule has 1 saturated heterocycles. The van der Waals surface area contributed by atoms with Crippen LogP contribution in [0.4, 0.5) is 0 Å². The second kappa shape index (κ2) is 12.9. The fourth-order valence-electron chi connectivity index (χ4n) is 7.93. The fourth-order valence-corrected chi connectivity index (χ4v) is 8.94. The van der Waals surface area contributed by atoms with Crippen LogP contribution in [-0.2, 0) is 37.3 Å². The van der Waals surface area contributed by atoms with Gasteiger partial charge in [0.05, 0.1) is 53.2 Å². The van der Waals surface area contributed by atoms with Gasteiger partial charge in [0.25, 0.3) is 0 Å². The number of benzene rings is 3. The molecule has 0 radical (unpaired) electrons. The number of phenols is 1. The molecule has 50 heavy (non-hydrogen) atoms. The van der Waals surface area contributed by atoms with Crippen LogP contribution in [0.5, 0.6) is 34.5 Å². The molecule has 1 amide bonds. The van der Waals surface area contributed by atoms with Crippen molar-refractivity contribution < 1.29 is 51.0 Å². The van der Waals surface area contributed by atoms with E-state index in [4.69, 9.17) is 27.9 Å². The van der Waals surface area contributed by atoms with Crippen molar-refractivity contribution in [2.45, 2.75) is 69.6 Å². The van der Waals surface area contributed by atoms with Crippen LogP contribution in [0.3, 0.4) is 0 Å². The quantitative estimate of drug-likeness (QED) is 0.252. The molecule has 0 unspecified atom stereocenters. The number of amides is 1. The average molecular weight is 711 g/mol. The van der Waals surface area contributed by atoms with Crippen molar-refractivity contribution in [3.63, 3.8) is 0 Å². The molecule has 3 aromatic rings. The molecule has 6 rings (SSSR count). The predicted octanol–water partition coefficient (Wildman–Crippen LogP) is 4.09. The minimum Gasteiger partial charge on any atom is -0.507 e. The average Bonchev–Trinajstić information content (AvgIpc) is 3.09. The normalized spacial score (nSPS) is 21.1. The van der Waals surface area contributed by atoms with E-state index >= 15 is 0 Å². The molecule has 0 aliphatic carbocycles. The summed E-state index contributed by atoms with van der Waals surface area (Å²) >= 11 is 0. The van der Waals surface area contributed by atoms with E-state index in [1.165, 1.54) is 45.5 Å². The first-order valence-corrected chi connectivity index (χ1v) is 17.6. The molecule has 3 aliphatic heterocycles. The lowest BCUT2D eigenvalue weighted by molar-refractivity contribution is -0.169. The largest absolute Gasteiger partial charge is 0.507 e. The maximum absolute atomic E-state index is 14.7. The van der Waals surface area contributed by atoms with Gasteiger partial charge in [-0.15, -0.1) is 0 Å². The van der Waals surface area contributed by atoms with Crippen LogP contribution in [0.15, 0.2) is 29.2 Å². The SMILES string of the molecule is CCOC(=O)[C@@H]1c2c(c(OS(=O)(=O)c3ccc(C)cc3)c(C)c(OC)c2OC)C[C@H]2[C@H]3c4c(c(O)c(C)c(OC)c4OC)C[C@@H](C(=O)N12)N3C. The minimum absolute atomic E-state index is 0.00406. The molecule has 3 aromatic carbocycles. The summed E-state index contributed by atoms with van der Waals surface area (Å²) in [5.41, 5.74) is 3.35. The Bertz CT molecular complexity index is 1990. The van der Waals surface area contributed by atoms with Gasteiger partial charge in [-0.2, -0.15) is 8.42 Å². The molecule has 1 N–H and O–H groups in total. The number of methoxy groups -OCH3 is 4. The Kier molecular flexibility index (Phi) is 9.06. The summed E-state index contributed by atoms with van der Waals surface area (Å²) in [4.78, 5) is 32.2. The maximum atomic E-state index is 14.7. The number of carbonyl (C=O) groups excluding carboxylic acids is 2. The second-order valence-corrected chi connectivity index (χ2v) is 14.2. The number of piperazine rings is 1. The molecule has 0 aromatic heterocycles. The van der Waals surface area contributed by atoms with E-state index < -0.39 is 40.3 Å². The number of ether oxygens (including phenoxy) is 5. The van der Waals surface area contributed by atoms with Gasteiger partial charge in [-0.25, -0.2) is 4.79 Å². The van der Waals surface area contributed by atoms with Gasteiger partial charge < -0.3 is 37.9 Å². The lowest BCUT2D eigenvalue weighted by Gasteiger charge is -2.56.